The van der Waals surface area contributed by atoms with E-state index in [2.05, 4.69) is 21.2 Å². The third kappa shape index (κ3) is 3.30. The van der Waals surface area contributed by atoms with Crippen molar-refractivity contribution in [2.24, 2.45) is 0 Å². The second-order valence-corrected chi connectivity index (χ2v) is 5.02. The van der Waals surface area contributed by atoms with Gasteiger partial charge in [-0.3, -0.25) is 4.79 Å². The van der Waals surface area contributed by atoms with Crippen LogP contribution < -0.4 is 10.1 Å². The zero-order chi connectivity index (χ0) is 14.5. The Balaban J connectivity index is 2.05. The molecule has 0 radical (unpaired) electrons. The topological polar surface area (TPSA) is 58.6 Å². The zero-order valence-corrected chi connectivity index (χ0v) is 12.5. The van der Waals surface area contributed by atoms with Gasteiger partial charge in [0.15, 0.2) is 11.5 Å². The Hall–Kier alpha value is -2.01. The third-order valence-corrected chi connectivity index (χ3v) is 3.61. The molecule has 2 aromatic rings. The van der Waals surface area contributed by atoms with Crippen LogP contribution in [0.1, 0.15) is 15.9 Å². The molecule has 0 bridgehead atoms. The van der Waals surface area contributed by atoms with E-state index in [1.165, 1.54) is 13.2 Å². The van der Waals surface area contributed by atoms with Crippen LogP contribution in [0.4, 0.5) is 0 Å². The minimum absolute atomic E-state index is 0.0546. The van der Waals surface area contributed by atoms with Crippen molar-refractivity contribution in [2.75, 3.05) is 7.11 Å². The molecule has 0 fully saturated rings. The van der Waals surface area contributed by atoms with Gasteiger partial charge >= 0.3 is 0 Å². The van der Waals surface area contributed by atoms with E-state index in [-0.39, 0.29) is 11.7 Å². The number of hydrogen-bond donors (Lipinski definition) is 2. The Bertz CT molecular complexity index is 628. The molecular formula is C15H14BrNO3. The molecule has 0 saturated heterocycles. The van der Waals surface area contributed by atoms with Gasteiger partial charge in [-0.15, -0.1) is 0 Å². The molecule has 0 aliphatic carbocycles. The number of aromatic hydroxyl groups is 1. The van der Waals surface area contributed by atoms with Gasteiger partial charge in [0, 0.05) is 16.6 Å². The van der Waals surface area contributed by atoms with Gasteiger partial charge in [0.25, 0.3) is 5.91 Å². The molecule has 4 nitrogen and oxygen atoms in total. The first kappa shape index (κ1) is 14.4. The number of carbonyl (C=O) groups excluding carboxylic acids is 1. The van der Waals surface area contributed by atoms with E-state index in [1.54, 1.807) is 12.1 Å². The highest BCUT2D eigenvalue weighted by atomic mass is 79.9. The van der Waals surface area contributed by atoms with Gasteiger partial charge in [0.1, 0.15) is 0 Å². The van der Waals surface area contributed by atoms with E-state index in [0.29, 0.717) is 17.9 Å². The largest absolute Gasteiger partial charge is 0.504 e. The minimum atomic E-state index is -0.251. The van der Waals surface area contributed by atoms with E-state index in [4.69, 9.17) is 4.74 Å². The van der Waals surface area contributed by atoms with E-state index in [9.17, 15) is 9.90 Å². The van der Waals surface area contributed by atoms with Crippen LogP contribution in [0.5, 0.6) is 11.5 Å². The molecule has 0 spiro atoms. The molecule has 0 unspecified atom stereocenters. The van der Waals surface area contributed by atoms with Gasteiger partial charge in [-0.05, 0) is 29.8 Å². The summed E-state index contributed by atoms with van der Waals surface area (Å²) in [6.45, 7) is 0.410. The Labute approximate surface area is 125 Å². The fourth-order valence-electron chi connectivity index (χ4n) is 1.75. The normalized spacial score (nSPS) is 10.1. The van der Waals surface area contributed by atoms with Gasteiger partial charge in [-0.1, -0.05) is 34.1 Å². The SMILES string of the molecule is COc1ccc(C(=O)NCc2ccccc2Br)cc1O. The molecule has 0 aliphatic heterocycles. The van der Waals surface area contributed by atoms with Gasteiger partial charge in [0.2, 0.25) is 0 Å². The number of phenols is 1. The van der Waals surface area contributed by atoms with Crippen molar-refractivity contribution < 1.29 is 14.6 Å². The maximum Gasteiger partial charge on any atom is 0.251 e. The van der Waals surface area contributed by atoms with Crippen LogP contribution in [0.3, 0.4) is 0 Å². The van der Waals surface area contributed by atoms with Crippen molar-refractivity contribution in [2.45, 2.75) is 6.54 Å². The fraction of sp³-hybridized carbons (Fsp3) is 0.133. The van der Waals surface area contributed by atoms with Crippen molar-refractivity contribution in [3.05, 3.63) is 58.1 Å². The van der Waals surface area contributed by atoms with E-state index < -0.39 is 0 Å². The lowest BCUT2D eigenvalue weighted by atomic mass is 10.1. The Morgan fingerprint density at radius 2 is 2.05 bits per heavy atom. The predicted molar refractivity (Wildman–Crippen MR) is 80.0 cm³/mol. The monoisotopic (exact) mass is 335 g/mol. The summed E-state index contributed by atoms with van der Waals surface area (Å²) >= 11 is 3.43. The molecule has 2 N–H and O–H groups in total. The lowest BCUT2D eigenvalue weighted by Gasteiger charge is -2.08. The first-order chi connectivity index (χ1) is 9.61. The standard InChI is InChI=1S/C15H14BrNO3/c1-20-14-7-6-10(8-13(14)18)15(19)17-9-11-4-2-3-5-12(11)16/h2-8,18H,9H2,1H3,(H,17,19). The van der Waals surface area contributed by atoms with Crippen LogP contribution in [0.25, 0.3) is 0 Å². The quantitative estimate of drug-likeness (QED) is 0.902. The van der Waals surface area contributed by atoms with Gasteiger partial charge in [0.05, 0.1) is 7.11 Å². The summed E-state index contributed by atoms with van der Waals surface area (Å²) in [7, 11) is 1.46. The van der Waals surface area contributed by atoms with E-state index in [1.807, 2.05) is 24.3 Å². The van der Waals surface area contributed by atoms with Gasteiger partial charge in [-0.25, -0.2) is 0 Å². The molecule has 0 aromatic heterocycles. The summed E-state index contributed by atoms with van der Waals surface area (Å²) in [5.74, 6) is 0.0344. The van der Waals surface area contributed by atoms with Crippen LogP contribution in [0.15, 0.2) is 46.9 Å². The summed E-state index contributed by atoms with van der Waals surface area (Å²) < 4.78 is 5.88. The highest BCUT2D eigenvalue weighted by Gasteiger charge is 2.09. The van der Waals surface area contributed by atoms with Crippen molar-refractivity contribution in [3.8, 4) is 11.5 Å². The number of carbonyl (C=O) groups is 1. The Kier molecular flexibility index (Phi) is 4.63. The van der Waals surface area contributed by atoms with Crippen molar-refractivity contribution in [1.29, 1.82) is 0 Å². The number of amides is 1. The second-order valence-electron chi connectivity index (χ2n) is 4.16. The summed E-state index contributed by atoms with van der Waals surface area (Å²) in [5.41, 5.74) is 1.37. The maximum atomic E-state index is 12.0. The van der Waals surface area contributed by atoms with Crippen LogP contribution in [0, 0.1) is 0 Å². The van der Waals surface area contributed by atoms with Gasteiger partial charge < -0.3 is 15.2 Å². The second kappa shape index (κ2) is 6.43. The molecule has 2 rings (SSSR count). The lowest BCUT2D eigenvalue weighted by Crippen LogP contribution is -2.22. The highest BCUT2D eigenvalue weighted by molar-refractivity contribution is 9.10. The third-order valence-electron chi connectivity index (χ3n) is 2.84. The van der Waals surface area contributed by atoms with Crippen molar-refractivity contribution in [1.82, 2.24) is 5.32 Å². The summed E-state index contributed by atoms with van der Waals surface area (Å²) in [6.07, 6.45) is 0. The molecule has 104 valence electrons. The van der Waals surface area contributed by atoms with Crippen molar-refractivity contribution in [3.63, 3.8) is 0 Å². The predicted octanol–water partition coefficient (Wildman–Crippen LogP) is 3.09. The Morgan fingerprint density at radius 1 is 1.30 bits per heavy atom. The van der Waals surface area contributed by atoms with E-state index >= 15 is 0 Å². The molecular weight excluding hydrogens is 322 g/mol. The number of nitrogens with one attached hydrogen (secondary N) is 1. The fourth-order valence-corrected chi connectivity index (χ4v) is 2.18. The first-order valence-corrected chi connectivity index (χ1v) is 6.79. The van der Waals surface area contributed by atoms with Crippen LogP contribution in [-0.4, -0.2) is 18.1 Å². The van der Waals surface area contributed by atoms with Crippen molar-refractivity contribution >= 4 is 21.8 Å². The number of ether oxygens (including phenoxy) is 1. The smallest absolute Gasteiger partial charge is 0.251 e. The number of hydrogen-bond acceptors (Lipinski definition) is 3. The first-order valence-electron chi connectivity index (χ1n) is 6.00. The zero-order valence-electron chi connectivity index (χ0n) is 10.9. The Morgan fingerprint density at radius 3 is 2.70 bits per heavy atom. The van der Waals surface area contributed by atoms with Crippen LogP contribution in [-0.2, 0) is 6.54 Å². The molecule has 0 heterocycles. The number of halogens is 1. The molecule has 0 aliphatic rings. The molecule has 1 amide bonds. The van der Waals surface area contributed by atoms with E-state index in [0.717, 1.165) is 10.0 Å². The summed E-state index contributed by atoms with van der Waals surface area (Å²) in [4.78, 5) is 12.0. The number of methoxy groups -OCH3 is 1. The van der Waals surface area contributed by atoms with Gasteiger partial charge in [-0.2, -0.15) is 0 Å². The number of rotatable bonds is 4. The average molecular weight is 336 g/mol. The average Bonchev–Trinajstić information content (AvgIpc) is 2.46. The van der Waals surface area contributed by atoms with Crippen LogP contribution >= 0.6 is 15.9 Å². The number of benzene rings is 2. The lowest BCUT2D eigenvalue weighted by molar-refractivity contribution is 0.0950. The molecule has 0 saturated carbocycles. The molecule has 0 atom stereocenters. The molecule has 5 heteroatoms. The maximum absolute atomic E-state index is 12.0. The number of phenolic OH excluding ortho intramolecular Hbond substituents is 1. The molecule has 2 aromatic carbocycles. The summed E-state index contributed by atoms with van der Waals surface area (Å²) in [6, 6.07) is 12.2. The summed E-state index contributed by atoms with van der Waals surface area (Å²) in [5, 5.41) is 12.5. The highest BCUT2D eigenvalue weighted by Crippen LogP contribution is 2.26. The minimum Gasteiger partial charge on any atom is -0.504 e. The van der Waals surface area contributed by atoms with Crippen LogP contribution in [0.2, 0.25) is 0 Å². The molecule has 20 heavy (non-hydrogen) atoms.